The minimum Gasteiger partial charge on any atom is -0.298 e. The third-order valence-corrected chi connectivity index (χ3v) is 10.1. The number of fused-ring (bicyclic) bond motifs is 2. The summed E-state index contributed by atoms with van der Waals surface area (Å²) in [6, 6.07) is 7.40. The van der Waals surface area contributed by atoms with Crippen molar-refractivity contribution in [3.63, 3.8) is 0 Å². The normalized spacial score (nSPS) is 30.0. The number of nitrogens with zero attached hydrogens (tertiary/aromatic N) is 6. The maximum absolute atomic E-state index is 2.75. The Kier molecular flexibility index (Phi) is 14.9. The Balaban J connectivity index is 0.000000210. The predicted octanol–water partition coefficient (Wildman–Crippen LogP) is 5.57. The first-order chi connectivity index (χ1) is 18.6. The van der Waals surface area contributed by atoms with Crippen molar-refractivity contribution in [1.82, 2.24) is 29.4 Å². The molecule has 0 N–H and O–H groups in total. The Labute approximate surface area is 251 Å². The van der Waals surface area contributed by atoms with E-state index in [1.54, 1.807) is 0 Å². The molecule has 0 radical (unpaired) electrons. The van der Waals surface area contributed by atoms with Gasteiger partial charge in [-0.1, -0.05) is 0 Å². The molecule has 0 saturated carbocycles. The molecule has 4 atom stereocenters. The molecule has 6 heteroatoms. The Bertz CT molecular complexity index is 642. The second kappa shape index (κ2) is 16.6. The fraction of sp³-hybridized carbons (Fsp3) is 1.00. The zero-order valence-electron chi connectivity index (χ0n) is 29.5. The highest BCUT2D eigenvalue weighted by molar-refractivity contribution is 4.97. The van der Waals surface area contributed by atoms with Crippen LogP contribution in [-0.2, 0) is 0 Å². The maximum atomic E-state index is 2.75. The van der Waals surface area contributed by atoms with Crippen LogP contribution in [0.5, 0.6) is 0 Å². The van der Waals surface area contributed by atoms with Crippen LogP contribution in [0.25, 0.3) is 0 Å². The predicted molar refractivity (Wildman–Crippen MR) is 177 cm³/mol. The lowest BCUT2D eigenvalue weighted by molar-refractivity contribution is 0.0292. The summed E-state index contributed by atoms with van der Waals surface area (Å²) in [5.74, 6) is 0. The van der Waals surface area contributed by atoms with Gasteiger partial charge in [0.25, 0.3) is 0 Å². The fourth-order valence-electron chi connectivity index (χ4n) is 7.71. The van der Waals surface area contributed by atoms with Gasteiger partial charge in [0, 0.05) is 113 Å². The number of piperazine rings is 3. The molecule has 40 heavy (non-hydrogen) atoms. The molecule has 0 aromatic carbocycles. The SMILES string of the molecule is CC(C)N1CC2CCC(C1)N2C(C)C.CC(C)N1CCN(C(C)C)C(C)C1.CC(C)N1CCN(C(C)C)C(C)C1. The molecule has 0 aliphatic carbocycles. The average molecular weight is 565 g/mol. The zero-order chi connectivity index (χ0) is 30.3. The van der Waals surface area contributed by atoms with Crippen molar-refractivity contribution < 1.29 is 0 Å². The van der Waals surface area contributed by atoms with E-state index in [0.717, 1.165) is 36.3 Å². The highest BCUT2D eigenvalue weighted by Gasteiger charge is 2.41. The van der Waals surface area contributed by atoms with Crippen molar-refractivity contribution in [2.24, 2.45) is 0 Å². The van der Waals surface area contributed by atoms with Crippen LogP contribution in [0.15, 0.2) is 0 Å². The van der Waals surface area contributed by atoms with Gasteiger partial charge in [0.2, 0.25) is 0 Å². The van der Waals surface area contributed by atoms with Crippen molar-refractivity contribution in [1.29, 1.82) is 0 Å². The molecule has 4 aliphatic rings. The lowest BCUT2D eigenvalue weighted by Gasteiger charge is -2.44. The summed E-state index contributed by atoms with van der Waals surface area (Å²) in [6.45, 7) is 42.3. The molecule has 238 valence electrons. The maximum Gasteiger partial charge on any atom is 0.0230 e. The molecule has 0 aromatic rings. The van der Waals surface area contributed by atoms with Crippen LogP contribution in [0.1, 0.15) is 110 Å². The van der Waals surface area contributed by atoms with Gasteiger partial charge >= 0.3 is 0 Å². The van der Waals surface area contributed by atoms with Crippen LogP contribution in [0.3, 0.4) is 0 Å². The van der Waals surface area contributed by atoms with Gasteiger partial charge in [0.15, 0.2) is 0 Å². The molecule has 4 rings (SSSR count). The van der Waals surface area contributed by atoms with E-state index in [4.69, 9.17) is 0 Å². The van der Waals surface area contributed by atoms with Gasteiger partial charge in [0.1, 0.15) is 0 Å². The topological polar surface area (TPSA) is 19.4 Å². The van der Waals surface area contributed by atoms with Crippen LogP contribution >= 0.6 is 0 Å². The Hall–Kier alpha value is -0.240. The van der Waals surface area contributed by atoms with E-state index >= 15 is 0 Å². The minimum absolute atomic E-state index is 0.698. The van der Waals surface area contributed by atoms with E-state index in [1.807, 2.05) is 0 Å². The summed E-state index contributed by atoms with van der Waals surface area (Å²) in [7, 11) is 0. The molecule has 4 fully saturated rings. The van der Waals surface area contributed by atoms with Crippen molar-refractivity contribution in [3.05, 3.63) is 0 Å². The summed E-state index contributed by atoms with van der Waals surface area (Å²) in [4.78, 5) is 15.7. The second-order valence-corrected chi connectivity index (χ2v) is 15.0. The monoisotopic (exact) mass is 565 g/mol. The third-order valence-electron chi connectivity index (χ3n) is 10.1. The lowest BCUT2D eigenvalue weighted by atomic mass is 10.1. The Morgan fingerprint density at radius 3 is 1.00 bits per heavy atom. The molecule has 6 nitrogen and oxygen atoms in total. The summed E-state index contributed by atoms with van der Waals surface area (Å²) in [6.07, 6.45) is 2.85. The van der Waals surface area contributed by atoms with Crippen LogP contribution in [0, 0.1) is 0 Å². The van der Waals surface area contributed by atoms with Gasteiger partial charge in [0.05, 0.1) is 0 Å². The Morgan fingerprint density at radius 1 is 0.400 bits per heavy atom. The van der Waals surface area contributed by atoms with Gasteiger partial charge in [-0.3, -0.25) is 29.4 Å². The first-order valence-electron chi connectivity index (χ1n) is 17.1. The highest BCUT2D eigenvalue weighted by atomic mass is 15.3. The first-order valence-corrected chi connectivity index (χ1v) is 17.1. The third kappa shape index (κ3) is 10.2. The highest BCUT2D eigenvalue weighted by Crippen LogP contribution is 2.32. The molecule has 4 aliphatic heterocycles. The van der Waals surface area contributed by atoms with Crippen LogP contribution < -0.4 is 0 Å². The summed E-state index contributed by atoms with van der Waals surface area (Å²) >= 11 is 0. The average Bonchev–Trinajstić information content (AvgIpc) is 3.13. The van der Waals surface area contributed by atoms with Gasteiger partial charge < -0.3 is 0 Å². The smallest absolute Gasteiger partial charge is 0.0230 e. The number of hydrogen-bond donors (Lipinski definition) is 0. The number of likely N-dealkylation sites (tertiary alicyclic amines) is 1. The number of hydrogen-bond acceptors (Lipinski definition) is 6. The molecule has 0 amide bonds. The van der Waals surface area contributed by atoms with Crippen LogP contribution in [0.2, 0.25) is 0 Å². The fourth-order valence-corrected chi connectivity index (χ4v) is 7.71. The number of rotatable bonds is 6. The van der Waals surface area contributed by atoms with E-state index in [0.29, 0.717) is 24.2 Å². The minimum atomic E-state index is 0.698. The second-order valence-electron chi connectivity index (χ2n) is 15.0. The van der Waals surface area contributed by atoms with Gasteiger partial charge in [-0.25, -0.2) is 0 Å². The van der Waals surface area contributed by atoms with Gasteiger partial charge in [-0.2, -0.15) is 0 Å². The molecule has 2 bridgehead atoms. The molecule has 4 saturated heterocycles. The van der Waals surface area contributed by atoms with Crippen molar-refractivity contribution >= 4 is 0 Å². The summed E-state index contributed by atoms with van der Waals surface area (Å²) in [5, 5.41) is 0. The van der Waals surface area contributed by atoms with Crippen molar-refractivity contribution in [2.45, 2.75) is 170 Å². The molecule has 0 spiro atoms. The van der Waals surface area contributed by atoms with Crippen LogP contribution in [-0.4, -0.2) is 142 Å². The van der Waals surface area contributed by atoms with Crippen molar-refractivity contribution in [2.75, 3.05) is 52.4 Å². The molecule has 4 heterocycles. The first kappa shape index (κ1) is 36.0. The molecule has 0 aromatic heterocycles. The lowest BCUT2D eigenvalue weighted by Crippen LogP contribution is -2.57. The van der Waals surface area contributed by atoms with Crippen LogP contribution in [0.4, 0.5) is 0 Å². The summed E-state index contributed by atoms with van der Waals surface area (Å²) < 4.78 is 0. The molecular formula is C34H72N6. The van der Waals surface area contributed by atoms with E-state index in [1.165, 1.54) is 65.2 Å². The van der Waals surface area contributed by atoms with E-state index < -0.39 is 0 Å². The van der Waals surface area contributed by atoms with Crippen molar-refractivity contribution in [3.8, 4) is 0 Å². The standard InChI is InChI=1S/C12H24N2.2C11H24N2/c1-9(2)13-7-11-5-6-12(8-13)14(11)10(3)4;2*1-9(2)12-6-7-13(10(3)4)11(5)8-12/h9-12H,5-8H2,1-4H3;2*9-11H,6-8H2,1-5H3. The molecular weight excluding hydrogens is 492 g/mol. The quantitative estimate of drug-likeness (QED) is 0.417. The van der Waals surface area contributed by atoms with E-state index in [-0.39, 0.29) is 0 Å². The van der Waals surface area contributed by atoms with E-state index in [9.17, 15) is 0 Å². The molecule has 4 unspecified atom stereocenters. The largest absolute Gasteiger partial charge is 0.298 e. The Morgan fingerprint density at radius 2 is 0.750 bits per heavy atom. The van der Waals surface area contributed by atoms with E-state index in [2.05, 4.69) is 126 Å². The summed E-state index contributed by atoms with van der Waals surface area (Å²) in [5.41, 5.74) is 0. The van der Waals surface area contributed by atoms with Gasteiger partial charge in [-0.15, -0.1) is 0 Å². The zero-order valence-corrected chi connectivity index (χ0v) is 29.5. The van der Waals surface area contributed by atoms with Gasteiger partial charge in [-0.05, 0) is 110 Å².